The zero-order chi connectivity index (χ0) is 20.5. The van der Waals surface area contributed by atoms with Crippen molar-refractivity contribution in [1.82, 2.24) is 16.0 Å². The van der Waals surface area contributed by atoms with E-state index in [-0.39, 0.29) is 36.5 Å². The molecule has 2 rings (SSSR count). The van der Waals surface area contributed by atoms with Gasteiger partial charge in [0.05, 0.1) is 20.0 Å². The highest BCUT2D eigenvalue weighted by molar-refractivity contribution is 8.00. The number of hydrogen-bond acceptors (Lipinski definition) is 7. The summed E-state index contributed by atoms with van der Waals surface area (Å²) >= 11 is 1.25. The molecule has 0 aliphatic carbocycles. The van der Waals surface area contributed by atoms with Crippen molar-refractivity contribution < 1.29 is 23.9 Å². The number of amides is 3. The Morgan fingerprint density at radius 1 is 1.29 bits per heavy atom. The number of ether oxygens (including phenoxy) is 2. The summed E-state index contributed by atoms with van der Waals surface area (Å²) in [5, 5.41) is 8.68. The second-order valence-electron chi connectivity index (χ2n) is 6.29. The molecule has 1 saturated heterocycles. The zero-order valence-corrected chi connectivity index (χ0v) is 16.8. The van der Waals surface area contributed by atoms with Crippen molar-refractivity contribution in [3.63, 3.8) is 0 Å². The number of benzene rings is 1. The summed E-state index contributed by atoms with van der Waals surface area (Å²) in [5.41, 5.74) is 5.76. The fourth-order valence-electron chi connectivity index (χ4n) is 2.80. The summed E-state index contributed by atoms with van der Waals surface area (Å²) in [5.74, 6) is 0.696. The van der Waals surface area contributed by atoms with Crippen molar-refractivity contribution in [2.24, 2.45) is 5.73 Å². The summed E-state index contributed by atoms with van der Waals surface area (Å²) < 4.78 is 10.5. The van der Waals surface area contributed by atoms with Crippen LogP contribution in [0, 0.1) is 0 Å². The normalized spacial score (nSPS) is 18.9. The highest BCUT2D eigenvalue weighted by Crippen LogP contribution is 2.27. The third-order valence-corrected chi connectivity index (χ3v) is 5.14. The Balaban J connectivity index is 1.72. The molecule has 1 heterocycles. The predicted octanol–water partition coefficient (Wildman–Crippen LogP) is -0.267. The number of thioether (sulfide) groups is 1. The number of nitrogens with one attached hydrogen (secondary N) is 3. The van der Waals surface area contributed by atoms with Gasteiger partial charge >= 0.3 is 0 Å². The van der Waals surface area contributed by atoms with Crippen molar-refractivity contribution >= 4 is 29.5 Å². The summed E-state index contributed by atoms with van der Waals surface area (Å²) in [6, 6.07) is 5.31. The van der Waals surface area contributed by atoms with Crippen molar-refractivity contribution in [3.05, 3.63) is 23.8 Å². The first kappa shape index (κ1) is 21.8. The molecule has 10 heteroatoms. The van der Waals surface area contributed by atoms with Gasteiger partial charge in [-0.1, -0.05) is 6.07 Å². The Kier molecular flexibility index (Phi) is 8.40. The number of carbonyl (C=O) groups excluding carboxylic acids is 3. The highest BCUT2D eigenvalue weighted by Gasteiger charge is 2.27. The van der Waals surface area contributed by atoms with E-state index in [1.165, 1.54) is 11.8 Å². The minimum atomic E-state index is -0.469. The van der Waals surface area contributed by atoms with Crippen LogP contribution in [0.15, 0.2) is 18.2 Å². The molecule has 5 N–H and O–H groups in total. The van der Waals surface area contributed by atoms with Gasteiger partial charge in [0.15, 0.2) is 11.5 Å². The molecule has 1 fully saturated rings. The molecule has 0 radical (unpaired) electrons. The molecule has 9 nitrogen and oxygen atoms in total. The molecule has 0 aromatic heterocycles. The van der Waals surface area contributed by atoms with Gasteiger partial charge in [-0.15, -0.1) is 11.8 Å². The number of hydrogen-bond donors (Lipinski definition) is 4. The van der Waals surface area contributed by atoms with Crippen LogP contribution < -0.4 is 31.2 Å². The average molecular weight is 410 g/mol. The first-order valence-corrected chi connectivity index (χ1v) is 9.89. The SMILES string of the molecule is COc1ccc(CCNC(=O)CSC2NC(=O)CC(CC(N)=O)N2)cc1OC. The summed E-state index contributed by atoms with van der Waals surface area (Å²) in [4.78, 5) is 34.8. The molecule has 1 aliphatic rings. The second-order valence-corrected chi connectivity index (χ2v) is 7.38. The minimum absolute atomic E-state index is 0.0853. The van der Waals surface area contributed by atoms with E-state index in [9.17, 15) is 14.4 Å². The maximum Gasteiger partial charge on any atom is 0.230 e. The van der Waals surface area contributed by atoms with E-state index in [2.05, 4.69) is 16.0 Å². The van der Waals surface area contributed by atoms with Crippen LogP contribution >= 0.6 is 11.8 Å². The van der Waals surface area contributed by atoms with E-state index in [0.717, 1.165) is 5.56 Å². The molecule has 2 atom stereocenters. The first-order valence-electron chi connectivity index (χ1n) is 8.84. The molecule has 1 aromatic carbocycles. The van der Waals surface area contributed by atoms with Gasteiger partial charge in [0, 0.05) is 25.4 Å². The van der Waals surface area contributed by atoms with Crippen LogP contribution in [0.3, 0.4) is 0 Å². The van der Waals surface area contributed by atoms with Gasteiger partial charge in [-0.05, 0) is 24.1 Å². The van der Waals surface area contributed by atoms with E-state index < -0.39 is 11.4 Å². The van der Waals surface area contributed by atoms with Crippen LogP contribution in [0.1, 0.15) is 18.4 Å². The molecule has 1 aliphatic heterocycles. The topological polar surface area (TPSA) is 132 Å². The third-order valence-electron chi connectivity index (χ3n) is 4.12. The van der Waals surface area contributed by atoms with Crippen LogP contribution in [0.5, 0.6) is 11.5 Å². The molecular weight excluding hydrogens is 384 g/mol. The lowest BCUT2D eigenvalue weighted by molar-refractivity contribution is -0.124. The Morgan fingerprint density at radius 3 is 2.71 bits per heavy atom. The molecule has 28 heavy (non-hydrogen) atoms. The van der Waals surface area contributed by atoms with Crippen molar-refractivity contribution in [1.29, 1.82) is 0 Å². The van der Waals surface area contributed by atoms with Crippen molar-refractivity contribution in [2.75, 3.05) is 26.5 Å². The monoisotopic (exact) mass is 410 g/mol. The lowest BCUT2D eigenvalue weighted by atomic mass is 10.1. The van der Waals surface area contributed by atoms with Crippen LogP contribution in [0.4, 0.5) is 0 Å². The number of primary amides is 1. The Morgan fingerprint density at radius 2 is 2.04 bits per heavy atom. The van der Waals surface area contributed by atoms with Crippen LogP contribution in [-0.4, -0.2) is 55.8 Å². The maximum atomic E-state index is 12.0. The van der Waals surface area contributed by atoms with Gasteiger partial charge in [0.2, 0.25) is 17.7 Å². The second kappa shape index (κ2) is 10.8. The summed E-state index contributed by atoms with van der Waals surface area (Å²) in [6.07, 6.45) is 0.926. The van der Waals surface area contributed by atoms with Crippen molar-refractivity contribution in [3.8, 4) is 11.5 Å². The summed E-state index contributed by atoms with van der Waals surface area (Å²) in [7, 11) is 3.15. The lowest BCUT2D eigenvalue weighted by Gasteiger charge is -2.30. The smallest absolute Gasteiger partial charge is 0.230 e. The molecule has 3 amide bonds. The molecule has 2 unspecified atom stereocenters. The molecule has 0 spiro atoms. The lowest BCUT2D eigenvalue weighted by Crippen LogP contribution is -2.55. The van der Waals surface area contributed by atoms with Gasteiger partial charge in [-0.3, -0.25) is 19.7 Å². The van der Waals surface area contributed by atoms with Crippen LogP contribution in [0.2, 0.25) is 0 Å². The Bertz CT molecular complexity index is 713. The van der Waals surface area contributed by atoms with E-state index in [1.807, 2.05) is 18.2 Å². The molecule has 1 aromatic rings. The largest absolute Gasteiger partial charge is 0.493 e. The van der Waals surface area contributed by atoms with E-state index in [0.29, 0.717) is 24.5 Å². The first-order chi connectivity index (χ1) is 13.4. The van der Waals surface area contributed by atoms with Gasteiger partial charge in [0.25, 0.3) is 0 Å². The molecular formula is C18H26N4O5S. The molecule has 0 saturated carbocycles. The molecule has 0 bridgehead atoms. The maximum absolute atomic E-state index is 12.0. The van der Waals surface area contributed by atoms with E-state index in [1.54, 1.807) is 14.2 Å². The minimum Gasteiger partial charge on any atom is -0.493 e. The van der Waals surface area contributed by atoms with E-state index in [4.69, 9.17) is 15.2 Å². The number of nitrogens with two attached hydrogens (primary N) is 1. The fraction of sp³-hybridized carbons (Fsp3) is 0.500. The Labute approximate surface area is 168 Å². The standard InChI is InChI=1S/C18H26N4O5S/c1-26-13-4-3-11(7-14(13)27-2)5-6-20-17(25)10-28-18-21-12(8-15(19)23)9-16(24)22-18/h3-4,7,12,18,21H,5-6,8-10H2,1-2H3,(H2,19,23)(H,20,25)(H,22,24). The fourth-order valence-corrected chi connectivity index (χ4v) is 3.72. The number of methoxy groups -OCH3 is 2. The number of carbonyl (C=O) groups is 3. The average Bonchev–Trinajstić information content (AvgIpc) is 2.65. The number of rotatable bonds is 10. The third kappa shape index (κ3) is 6.93. The van der Waals surface area contributed by atoms with Gasteiger partial charge < -0.3 is 25.8 Å². The summed E-state index contributed by atoms with van der Waals surface area (Å²) in [6.45, 7) is 0.476. The van der Waals surface area contributed by atoms with Crippen LogP contribution in [-0.2, 0) is 20.8 Å². The Hall–Kier alpha value is -2.46. The predicted molar refractivity (Wildman–Crippen MR) is 106 cm³/mol. The highest BCUT2D eigenvalue weighted by atomic mass is 32.2. The van der Waals surface area contributed by atoms with Gasteiger partial charge in [-0.2, -0.15) is 0 Å². The van der Waals surface area contributed by atoms with Gasteiger partial charge in [-0.25, -0.2) is 0 Å². The quantitative estimate of drug-likeness (QED) is 0.418. The van der Waals surface area contributed by atoms with Gasteiger partial charge in [0.1, 0.15) is 5.50 Å². The van der Waals surface area contributed by atoms with E-state index >= 15 is 0 Å². The van der Waals surface area contributed by atoms with Crippen LogP contribution in [0.25, 0.3) is 0 Å². The molecule has 154 valence electrons. The zero-order valence-electron chi connectivity index (χ0n) is 15.9. The van der Waals surface area contributed by atoms with Crippen molar-refractivity contribution in [2.45, 2.75) is 30.8 Å².